The maximum Gasteiger partial charge on any atom is 0.238 e. The largest absolute Gasteiger partial charge is 0.360 e. The molecule has 152 valence electrons. The zero-order chi connectivity index (χ0) is 20.6. The van der Waals surface area contributed by atoms with Gasteiger partial charge in [0.2, 0.25) is 11.8 Å². The molecule has 0 spiro atoms. The molecule has 0 bridgehead atoms. The van der Waals surface area contributed by atoms with Crippen LogP contribution in [0.25, 0.3) is 5.69 Å². The van der Waals surface area contributed by atoms with Crippen LogP contribution in [0.1, 0.15) is 18.2 Å². The van der Waals surface area contributed by atoms with Crippen LogP contribution in [0.15, 0.2) is 53.3 Å². The normalized spacial score (nSPS) is 11.8. The average Bonchev–Trinajstić information content (AvgIpc) is 3.38. The molecule has 2 N–H and O–H groups in total. The molecule has 1 atom stereocenters. The highest BCUT2D eigenvalue weighted by molar-refractivity contribution is 8.01. The molecule has 3 aromatic rings. The predicted octanol–water partition coefficient (Wildman–Crippen LogP) is 2.59. The van der Waals surface area contributed by atoms with Crippen LogP contribution in [-0.4, -0.2) is 44.3 Å². The lowest BCUT2D eigenvalue weighted by Gasteiger charge is -2.10. The lowest BCUT2D eigenvalue weighted by Crippen LogP contribution is -2.30. The van der Waals surface area contributed by atoms with E-state index < -0.39 is 0 Å². The molecule has 2 aromatic heterocycles. The predicted molar refractivity (Wildman–Crippen MR) is 112 cm³/mol. The first-order valence-corrected chi connectivity index (χ1v) is 10.3. The maximum atomic E-state index is 12.1. The number of nitrogens with one attached hydrogen (secondary N) is 2. The lowest BCUT2D eigenvalue weighted by molar-refractivity contribution is -0.118. The number of hydrogen-bond donors (Lipinski definition) is 2. The van der Waals surface area contributed by atoms with Gasteiger partial charge >= 0.3 is 0 Å². The molecule has 0 aliphatic rings. The van der Waals surface area contributed by atoms with Gasteiger partial charge in [-0.25, -0.2) is 4.68 Å². The lowest BCUT2D eigenvalue weighted by atomic mass is 10.1. The summed E-state index contributed by atoms with van der Waals surface area (Å²) in [5.74, 6) is 0.900. The maximum absolute atomic E-state index is 12.1. The molecule has 9 heteroatoms. The van der Waals surface area contributed by atoms with Gasteiger partial charge in [0.05, 0.1) is 16.7 Å². The van der Waals surface area contributed by atoms with Crippen molar-refractivity contribution in [3.8, 4) is 5.69 Å². The number of benzene rings is 1. The van der Waals surface area contributed by atoms with E-state index in [1.807, 2.05) is 36.5 Å². The summed E-state index contributed by atoms with van der Waals surface area (Å²) in [5, 5.41) is 13.1. The van der Waals surface area contributed by atoms with Crippen LogP contribution in [-0.2, 0) is 16.0 Å². The molecule has 0 saturated heterocycles. The molecule has 0 aliphatic carbocycles. The van der Waals surface area contributed by atoms with Gasteiger partial charge in [-0.1, -0.05) is 17.3 Å². The quantitative estimate of drug-likeness (QED) is 0.559. The minimum atomic E-state index is -0.382. The molecule has 1 unspecified atom stereocenters. The van der Waals surface area contributed by atoms with Crippen molar-refractivity contribution in [2.45, 2.75) is 25.5 Å². The molecule has 3 rings (SSSR count). The summed E-state index contributed by atoms with van der Waals surface area (Å²) in [7, 11) is 0. The van der Waals surface area contributed by atoms with Gasteiger partial charge in [0.25, 0.3) is 0 Å². The van der Waals surface area contributed by atoms with E-state index in [9.17, 15) is 9.59 Å². The van der Waals surface area contributed by atoms with E-state index in [2.05, 4.69) is 20.9 Å². The molecule has 0 saturated carbocycles. The fraction of sp³-hybridized carbons (Fsp3) is 0.300. The van der Waals surface area contributed by atoms with Crippen LogP contribution < -0.4 is 10.6 Å². The van der Waals surface area contributed by atoms with E-state index in [4.69, 9.17) is 4.52 Å². The highest BCUT2D eigenvalue weighted by Gasteiger charge is 2.16. The molecule has 0 radical (unpaired) electrons. The number of rotatable bonds is 9. The molecule has 2 heterocycles. The van der Waals surface area contributed by atoms with Gasteiger partial charge in [0.1, 0.15) is 5.76 Å². The van der Waals surface area contributed by atoms with Crippen molar-refractivity contribution in [3.63, 3.8) is 0 Å². The average molecular weight is 414 g/mol. The Morgan fingerprint density at radius 3 is 2.72 bits per heavy atom. The van der Waals surface area contributed by atoms with Crippen LogP contribution >= 0.6 is 11.8 Å². The van der Waals surface area contributed by atoms with Crippen molar-refractivity contribution in [2.75, 3.05) is 17.6 Å². The van der Waals surface area contributed by atoms with E-state index >= 15 is 0 Å². The Morgan fingerprint density at radius 1 is 1.28 bits per heavy atom. The van der Waals surface area contributed by atoms with Crippen LogP contribution in [0.4, 0.5) is 5.82 Å². The smallest absolute Gasteiger partial charge is 0.238 e. The van der Waals surface area contributed by atoms with Crippen LogP contribution in [0, 0.1) is 6.92 Å². The second-order valence-electron chi connectivity index (χ2n) is 6.48. The Hall–Kier alpha value is -3.07. The van der Waals surface area contributed by atoms with Crippen LogP contribution in [0.3, 0.4) is 0 Å². The highest BCUT2D eigenvalue weighted by Crippen LogP contribution is 2.14. The van der Waals surface area contributed by atoms with Gasteiger partial charge in [-0.3, -0.25) is 9.59 Å². The summed E-state index contributed by atoms with van der Waals surface area (Å²) in [5.41, 5.74) is 2.12. The van der Waals surface area contributed by atoms with Crippen LogP contribution in [0.5, 0.6) is 0 Å². The molecular weight excluding hydrogens is 390 g/mol. The first-order valence-electron chi connectivity index (χ1n) is 9.23. The van der Waals surface area contributed by atoms with Crippen LogP contribution in [0.2, 0.25) is 0 Å². The van der Waals surface area contributed by atoms with Crippen molar-refractivity contribution >= 4 is 29.4 Å². The van der Waals surface area contributed by atoms with E-state index in [-0.39, 0.29) is 22.8 Å². The summed E-state index contributed by atoms with van der Waals surface area (Å²) in [6, 6.07) is 11.6. The van der Waals surface area contributed by atoms with Gasteiger partial charge in [-0.2, -0.15) is 5.10 Å². The van der Waals surface area contributed by atoms with E-state index in [0.717, 1.165) is 17.7 Å². The van der Waals surface area contributed by atoms with Crippen molar-refractivity contribution in [1.82, 2.24) is 20.3 Å². The standard InChI is InChI=1S/C20H23N5O3S/c1-14-12-18(24-28-14)23-20(27)15(2)29-13-19(26)21-10-8-16-4-6-17(7-5-16)25-11-3-9-22-25/h3-7,9,11-12,15H,8,10,13H2,1-2H3,(H,21,26)(H,23,24,27). The molecular formula is C20H23N5O3S. The fourth-order valence-electron chi connectivity index (χ4n) is 2.56. The third-order valence-electron chi connectivity index (χ3n) is 4.15. The topological polar surface area (TPSA) is 102 Å². The van der Waals surface area contributed by atoms with Crippen molar-refractivity contribution in [3.05, 3.63) is 60.1 Å². The molecule has 29 heavy (non-hydrogen) atoms. The van der Waals surface area contributed by atoms with Gasteiger partial charge in [0.15, 0.2) is 5.82 Å². The second kappa shape index (κ2) is 9.92. The van der Waals surface area contributed by atoms with Crippen molar-refractivity contribution < 1.29 is 14.1 Å². The number of amides is 2. The molecule has 0 fully saturated rings. The van der Waals surface area contributed by atoms with E-state index in [1.165, 1.54) is 11.8 Å². The zero-order valence-corrected chi connectivity index (χ0v) is 17.1. The van der Waals surface area contributed by atoms with Gasteiger partial charge in [0, 0.05) is 25.0 Å². The summed E-state index contributed by atoms with van der Waals surface area (Å²) >= 11 is 1.27. The number of nitrogens with zero attached hydrogens (tertiary/aromatic N) is 3. The third-order valence-corrected chi connectivity index (χ3v) is 5.30. The summed E-state index contributed by atoms with van der Waals surface area (Å²) in [6.07, 6.45) is 4.36. The monoisotopic (exact) mass is 413 g/mol. The van der Waals surface area contributed by atoms with Crippen molar-refractivity contribution in [1.29, 1.82) is 0 Å². The number of anilines is 1. The molecule has 8 nitrogen and oxygen atoms in total. The second-order valence-corrected chi connectivity index (χ2v) is 7.81. The first kappa shape index (κ1) is 20.7. The number of aryl methyl sites for hydroxylation is 1. The molecule has 2 amide bonds. The summed E-state index contributed by atoms with van der Waals surface area (Å²) < 4.78 is 6.70. The van der Waals surface area contributed by atoms with Gasteiger partial charge in [-0.15, -0.1) is 11.8 Å². The molecule has 1 aromatic carbocycles. The Bertz CT molecular complexity index is 937. The first-order chi connectivity index (χ1) is 14.0. The Labute approximate surface area is 173 Å². The summed E-state index contributed by atoms with van der Waals surface area (Å²) in [4.78, 5) is 24.1. The Kier molecular flexibility index (Phi) is 7.07. The van der Waals surface area contributed by atoms with E-state index in [1.54, 1.807) is 30.8 Å². The summed E-state index contributed by atoms with van der Waals surface area (Å²) in [6.45, 7) is 4.04. The van der Waals surface area contributed by atoms with E-state index in [0.29, 0.717) is 18.1 Å². The molecule has 0 aliphatic heterocycles. The highest BCUT2D eigenvalue weighted by atomic mass is 32.2. The number of thioether (sulfide) groups is 1. The number of carbonyl (C=O) groups excluding carboxylic acids is 2. The Morgan fingerprint density at radius 2 is 2.07 bits per heavy atom. The fourth-order valence-corrected chi connectivity index (χ4v) is 3.28. The minimum absolute atomic E-state index is 0.0971. The number of aromatic nitrogens is 3. The van der Waals surface area contributed by atoms with Gasteiger partial charge < -0.3 is 15.2 Å². The SMILES string of the molecule is Cc1cc(NC(=O)C(C)SCC(=O)NCCc2ccc(-n3cccn3)cc2)no1. The minimum Gasteiger partial charge on any atom is -0.360 e. The number of carbonyl (C=O) groups is 2. The zero-order valence-electron chi connectivity index (χ0n) is 16.3. The van der Waals surface area contributed by atoms with Crippen molar-refractivity contribution in [2.24, 2.45) is 0 Å². The van der Waals surface area contributed by atoms with Gasteiger partial charge in [-0.05, 0) is 44.0 Å². The number of hydrogen-bond acceptors (Lipinski definition) is 6. The Balaban J connectivity index is 1.34. The third kappa shape index (κ3) is 6.21.